The Labute approximate surface area is 176 Å². The standard InChI is InChI=1S/C19H21ClN4O4S/c1-10-11(17(20)24(2)23-10)7-8-15(26)28-9-14(25)22-19-16(18(21)27)12-5-3-4-6-13(12)29-19/h7-8H,3-6,9H2,1-2H3,(H2,21,27)(H,22,25)/b8-7+. The molecule has 0 aromatic carbocycles. The summed E-state index contributed by atoms with van der Waals surface area (Å²) in [4.78, 5) is 37.0. The number of carbonyl (C=O) groups excluding carboxylic acids is 3. The Morgan fingerprint density at radius 2 is 2.07 bits per heavy atom. The minimum absolute atomic E-state index is 0.367. The summed E-state index contributed by atoms with van der Waals surface area (Å²) in [7, 11) is 1.69. The molecule has 0 atom stereocenters. The van der Waals surface area contributed by atoms with E-state index < -0.39 is 24.4 Å². The number of carbonyl (C=O) groups is 3. The molecule has 2 aromatic rings. The third-order valence-corrected chi connectivity index (χ3v) is 6.25. The van der Waals surface area contributed by atoms with Crippen molar-refractivity contribution in [1.29, 1.82) is 0 Å². The number of hydrogen-bond acceptors (Lipinski definition) is 6. The van der Waals surface area contributed by atoms with E-state index in [9.17, 15) is 14.4 Å². The molecule has 0 saturated heterocycles. The maximum absolute atomic E-state index is 12.2. The van der Waals surface area contributed by atoms with Crippen molar-refractivity contribution in [3.63, 3.8) is 0 Å². The van der Waals surface area contributed by atoms with Gasteiger partial charge in [0.1, 0.15) is 10.2 Å². The number of amides is 2. The van der Waals surface area contributed by atoms with Gasteiger partial charge in [0, 0.05) is 23.6 Å². The highest BCUT2D eigenvalue weighted by Gasteiger charge is 2.25. The van der Waals surface area contributed by atoms with E-state index in [0.29, 0.717) is 27.0 Å². The van der Waals surface area contributed by atoms with E-state index in [1.807, 2.05) is 0 Å². The molecule has 0 unspecified atom stereocenters. The second-order valence-corrected chi connectivity index (χ2v) is 8.15. The van der Waals surface area contributed by atoms with Crippen LogP contribution >= 0.6 is 22.9 Å². The first-order chi connectivity index (χ1) is 13.8. The largest absolute Gasteiger partial charge is 0.452 e. The van der Waals surface area contributed by atoms with Gasteiger partial charge < -0.3 is 15.8 Å². The molecule has 0 bridgehead atoms. The third-order valence-electron chi connectivity index (χ3n) is 4.60. The van der Waals surface area contributed by atoms with E-state index in [0.717, 1.165) is 36.1 Å². The Hall–Kier alpha value is -2.65. The van der Waals surface area contributed by atoms with Crippen LogP contribution in [0.25, 0.3) is 6.08 Å². The van der Waals surface area contributed by atoms with Crippen molar-refractivity contribution in [3.05, 3.63) is 38.5 Å². The smallest absolute Gasteiger partial charge is 0.331 e. The van der Waals surface area contributed by atoms with Crippen molar-refractivity contribution in [2.24, 2.45) is 12.8 Å². The van der Waals surface area contributed by atoms with Crippen LogP contribution in [0.1, 0.15) is 44.9 Å². The molecule has 8 nitrogen and oxygen atoms in total. The summed E-state index contributed by atoms with van der Waals surface area (Å²) in [6.45, 7) is 1.28. The number of aromatic nitrogens is 2. The number of nitrogens with two attached hydrogens (primary N) is 1. The molecular weight excluding hydrogens is 416 g/mol. The Morgan fingerprint density at radius 3 is 2.72 bits per heavy atom. The number of anilines is 1. The van der Waals surface area contributed by atoms with Crippen LogP contribution in [0.4, 0.5) is 5.00 Å². The zero-order chi connectivity index (χ0) is 21.1. The number of ether oxygens (including phenoxy) is 1. The molecule has 0 radical (unpaired) electrons. The highest BCUT2D eigenvalue weighted by atomic mass is 35.5. The quantitative estimate of drug-likeness (QED) is 0.533. The van der Waals surface area contributed by atoms with Crippen molar-refractivity contribution in [1.82, 2.24) is 9.78 Å². The monoisotopic (exact) mass is 436 g/mol. The molecular formula is C19H21ClN4O4S. The van der Waals surface area contributed by atoms with Crippen molar-refractivity contribution in [2.45, 2.75) is 32.6 Å². The molecule has 2 aromatic heterocycles. The van der Waals surface area contributed by atoms with Gasteiger partial charge in [-0.05, 0) is 44.2 Å². The average Bonchev–Trinajstić information content (AvgIpc) is 3.15. The van der Waals surface area contributed by atoms with Crippen LogP contribution in [0, 0.1) is 6.92 Å². The highest BCUT2D eigenvalue weighted by Crippen LogP contribution is 2.37. The van der Waals surface area contributed by atoms with Crippen LogP contribution in [0.15, 0.2) is 6.08 Å². The molecule has 1 aliphatic rings. The van der Waals surface area contributed by atoms with E-state index in [4.69, 9.17) is 22.1 Å². The van der Waals surface area contributed by atoms with Crippen molar-refractivity contribution >= 4 is 51.8 Å². The first kappa shape index (κ1) is 21.1. The summed E-state index contributed by atoms with van der Waals surface area (Å²) in [5.41, 5.74) is 8.07. The van der Waals surface area contributed by atoms with Gasteiger partial charge in [-0.3, -0.25) is 14.3 Å². The lowest BCUT2D eigenvalue weighted by atomic mass is 9.95. The Balaban J connectivity index is 1.60. The zero-order valence-corrected chi connectivity index (χ0v) is 17.7. The highest BCUT2D eigenvalue weighted by molar-refractivity contribution is 7.17. The molecule has 29 heavy (non-hydrogen) atoms. The van der Waals surface area contributed by atoms with E-state index in [-0.39, 0.29) is 0 Å². The number of primary amides is 1. The summed E-state index contributed by atoms with van der Waals surface area (Å²) in [5.74, 6) is -1.80. The minimum atomic E-state index is -0.694. The number of halogens is 1. The van der Waals surface area contributed by atoms with Gasteiger partial charge in [-0.25, -0.2) is 4.79 Å². The number of nitrogens with one attached hydrogen (secondary N) is 1. The minimum Gasteiger partial charge on any atom is -0.452 e. The lowest BCUT2D eigenvalue weighted by Crippen LogP contribution is -2.22. The second kappa shape index (κ2) is 8.79. The summed E-state index contributed by atoms with van der Waals surface area (Å²) < 4.78 is 6.46. The summed E-state index contributed by atoms with van der Waals surface area (Å²) in [6, 6.07) is 0. The summed E-state index contributed by atoms with van der Waals surface area (Å²) in [5, 5.41) is 7.59. The van der Waals surface area contributed by atoms with Crippen LogP contribution in [0.5, 0.6) is 0 Å². The normalized spacial score (nSPS) is 13.3. The van der Waals surface area contributed by atoms with E-state index in [1.54, 1.807) is 14.0 Å². The van der Waals surface area contributed by atoms with Gasteiger partial charge in [0.25, 0.3) is 11.8 Å². The number of nitrogens with zero attached hydrogens (tertiary/aromatic N) is 2. The number of aryl methyl sites for hydroxylation is 3. The van der Waals surface area contributed by atoms with Crippen LogP contribution in [0.3, 0.4) is 0 Å². The van der Waals surface area contributed by atoms with Gasteiger partial charge in [-0.15, -0.1) is 11.3 Å². The molecule has 1 aliphatic carbocycles. The second-order valence-electron chi connectivity index (χ2n) is 6.68. The first-order valence-electron chi connectivity index (χ1n) is 9.06. The molecule has 0 spiro atoms. The number of fused-ring (bicyclic) bond motifs is 1. The van der Waals surface area contributed by atoms with E-state index in [1.165, 1.54) is 28.2 Å². The predicted molar refractivity (Wildman–Crippen MR) is 111 cm³/mol. The topological polar surface area (TPSA) is 116 Å². The Morgan fingerprint density at radius 1 is 1.34 bits per heavy atom. The van der Waals surface area contributed by atoms with Crippen LogP contribution in [0.2, 0.25) is 5.15 Å². The fourth-order valence-electron chi connectivity index (χ4n) is 3.25. The Bertz CT molecular complexity index is 1010. The van der Waals surface area contributed by atoms with Crippen molar-refractivity contribution in [3.8, 4) is 0 Å². The molecule has 0 aliphatic heterocycles. The maximum Gasteiger partial charge on any atom is 0.331 e. The fraction of sp³-hybridized carbons (Fsp3) is 0.368. The number of thiophene rings is 1. The number of esters is 1. The number of rotatable bonds is 6. The van der Waals surface area contributed by atoms with E-state index in [2.05, 4.69) is 10.4 Å². The third kappa shape index (κ3) is 4.68. The van der Waals surface area contributed by atoms with Gasteiger partial charge in [0.05, 0.1) is 11.3 Å². The maximum atomic E-state index is 12.2. The van der Waals surface area contributed by atoms with Gasteiger partial charge >= 0.3 is 5.97 Å². The van der Waals surface area contributed by atoms with Crippen molar-refractivity contribution < 1.29 is 19.1 Å². The molecule has 154 valence electrons. The van der Waals surface area contributed by atoms with Gasteiger partial charge in [0.15, 0.2) is 6.61 Å². The van der Waals surface area contributed by atoms with Gasteiger partial charge in [-0.2, -0.15) is 5.10 Å². The average molecular weight is 437 g/mol. The van der Waals surface area contributed by atoms with Gasteiger partial charge in [-0.1, -0.05) is 11.6 Å². The Kier molecular flexibility index (Phi) is 6.39. The summed E-state index contributed by atoms with van der Waals surface area (Å²) in [6.07, 6.45) is 6.35. The predicted octanol–water partition coefficient (Wildman–Crippen LogP) is 2.62. The molecule has 3 rings (SSSR count). The molecule has 10 heteroatoms. The van der Waals surface area contributed by atoms with Crippen LogP contribution in [-0.2, 0) is 34.2 Å². The lowest BCUT2D eigenvalue weighted by Gasteiger charge is -2.11. The molecule has 0 fully saturated rings. The van der Waals surface area contributed by atoms with E-state index >= 15 is 0 Å². The lowest BCUT2D eigenvalue weighted by molar-refractivity contribution is -0.142. The molecule has 2 heterocycles. The van der Waals surface area contributed by atoms with Crippen LogP contribution in [-0.4, -0.2) is 34.2 Å². The molecule has 2 amide bonds. The molecule has 3 N–H and O–H groups in total. The van der Waals surface area contributed by atoms with Gasteiger partial charge in [0.2, 0.25) is 0 Å². The van der Waals surface area contributed by atoms with Crippen LogP contribution < -0.4 is 11.1 Å². The zero-order valence-electron chi connectivity index (χ0n) is 16.1. The SMILES string of the molecule is Cc1nn(C)c(Cl)c1/C=C/C(=O)OCC(=O)Nc1sc2c(c1C(N)=O)CCCC2. The molecule has 0 saturated carbocycles. The summed E-state index contributed by atoms with van der Waals surface area (Å²) >= 11 is 7.45. The fourth-order valence-corrected chi connectivity index (χ4v) is 4.80. The van der Waals surface area contributed by atoms with Crippen molar-refractivity contribution in [2.75, 3.05) is 11.9 Å². The number of hydrogen-bond donors (Lipinski definition) is 2. The first-order valence-corrected chi connectivity index (χ1v) is 10.3.